The second-order valence-electron chi connectivity index (χ2n) is 4.50. The Morgan fingerprint density at radius 3 is 2.67 bits per heavy atom. The van der Waals surface area contributed by atoms with Crippen molar-refractivity contribution in [2.45, 2.75) is 26.4 Å². The number of hydrogen-bond acceptors (Lipinski definition) is 2. The molecule has 0 atom stereocenters. The first-order valence-electron chi connectivity index (χ1n) is 5.71. The van der Waals surface area contributed by atoms with Crippen LogP contribution in [0.15, 0.2) is 24.3 Å². The highest BCUT2D eigenvalue weighted by molar-refractivity contribution is 5.34. The van der Waals surface area contributed by atoms with Gasteiger partial charge < -0.3 is 10.1 Å². The smallest absolute Gasteiger partial charge is 0.122 e. The Bertz CT molecular complexity index is 318. The molecule has 1 aliphatic rings. The summed E-state index contributed by atoms with van der Waals surface area (Å²) in [5.74, 6) is 1.85. The molecule has 1 heterocycles. The highest BCUT2D eigenvalue weighted by Crippen LogP contribution is 2.23. The molecule has 1 aliphatic heterocycles. The van der Waals surface area contributed by atoms with Gasteiger partial charge in [0.25, 0.3) is 0 Å². The quantitative estimate of drug-likeness (QED) is 0.814. The number of para-hydroxylation sites is 1. The molecule has 1 saturated heterocycles. The van der Waals surface area contributed by atoms with Crippen LogP contribution in [0.5, 0.6) is 5.75 Å². The molecule has 82 valence electrons. The minimum absolute atomic E-state index is 0.255. The summed E-state index contributed by atoms with van der Waals surface area (Å²) in [6, 6.07) is 8.38. The van der Waals surface area contributed by atoms with Crippen LogP contribution in [0.1, 0.15) is 19.4 Å². The van der Waals surface area contributed by atoms with Crippen LogP contribution < -0.4 is 10.1 Å². The Labute approximate surface area is 91.6 Å². The fourth-order valence-electron chi connectivity index (χ4n) is 1.85. The van der Waals surface area contributed by atoms with Crippen molar-refractivity contribution in [2.24, 2.45) is 5.92 Å². The molecule has 0 aliphatic carbocycles. The van der Waals surface area contributed by atoms with Gasteiger partial charge in [-0.15, -0.1) is 0 Å². The number of hydrogen-bond donors (Lipinski definition) is 1. The van der Waals surface area contributed by atoms with E-state index >= 15 is 0 Å². The summed E-state index contributed by atoms with van der Waals surface area (Å²) < 4.78 is 5.79. The molecule has 2 nitrogen and oxygen atoms in total. The van der Waals surface area contributed by atoms with Gasteiger partial charge in [-0.1, -0.05) is 18.2 Å². The van der Waals surface area contributed by atoms with E-state index in [-0.39, 0.29) is 6.10 Å². The molecule has 1 aromatic rings. The van der Waals surface area contributed by atoms with E-state index in [2.05, 4.69) is 37.4 Å². The molecule has 1 aromatic carbocycles. The van der Waals surface area contributed by atoms with Gasteiger partial charge in [0.05, 0.1) is 6.10 Å². The fraction of sp³-hybridized carbons (Fsp3) is 0.538. The predicted molar refractivity (Wildman–Crippen MR) is 62.3 cm³/mol. The third kappa shape index (κ3) is 2.72. The molecule has 2 heteroatoms. The van der Waals surface area contributed by atoms with Crippen molar-refractivity contribution in [3.05, 3.63) is 29.8 Å². The number of ether oxygens (including phenoxy) is 1. The van der Waals surface area contributed by atoms with Gasteiger partial charge in [-0.25, -0.2) is 0 Å². The lowest BCUT2D eigenvalue weighted by molar-refractivity contribution is 0.237. The lowest BCUT2D eigenvalue weighted by Gasteiger charge is -2.28. The first-order chi connectivity index (χ1) is 7.25. The van der Waals surface area contributed by atoms with Crippen LogP contribution in [0, 0.1) is 5.92 Å². The molecular weight excluding hydrogens is 186 g/mol. The molecule has 1 N–H and O–H groups in total. The summed E-state index contributed by atoms with van der Waals surface area (Å²) in [5.41, 5.74) is 1.35. The molecule has 1 fully saturated rings. The molecule has 0 bridgehead atoms. The summed E-state index contributed by atoms with van der Waals surface area (Å²) in [5, 5.41) is 3.30. The summed E-state index contributed by atoms with van der Waals surface area (Å²) in [4.78, 5) is 0. The first kappa shape index (κ1) is 10.5. The third-order valence-corrected chi connectivity index (χ3v) is 2.71. The van der Waals surface area contributed by atoms with Gasteiger partial charge in [-0.2, -0.15) is 0 Å². The van der Waals surface area contributed by atoms with Crippen LogP contribution in [0.25, 0.3) is 0 Å². The van der Waals surface area contributed by atoms with Crippen molar-refractivity contribution in [3.8, 4) is 5.75 Å². The van der Waals surface area contributed by atoms with Crippen LogP contribution in [-0.4, -0.2) is 19.2 Å². The monoisotopic (exact) mass is 205 g/mol. The Morgan fingerprint density at radius 1 is 1.33 bits per heavy atom. The maximum atomic E-state index is 5.79. The fourth-order valence-corrected chi connectivity index (χ4v) is 1.85. The van der Waals surface area contributed by atoms with Crippen LogP contribution in [-0.2, 0) is 6.42 Å². The average Bonchev–Trinajstić information content (AvgIpc) is 2.13. The van der Waals surface area contributed by atoms with Gasteiger partial charge in [0, 0.05) is 0 Å². The molecule has 15 heavy (non-hydrogen) atoms. The maximum absolute atomic E-state index is 5.79. The van der Waals surface area contributed by atoms with Gasteiger partial charge >= 0.3 is 0 Å². The first-order valence-corrected chi connectivity index (χ1v) is 5.71. The van der Waals surface area contributed by atoms with E-state index < -0.39 is 0 Å². The highest BCUT2D eigenvalue weighted by Gasteiger charge is 2.18. The summed E-state index contributed by atoms with van der Waals surface area (Å²) in [7, 11) is 0. The normalized spacial score (nSPS) is 16.5. The molecule has 2 rings (SSSR count). The molecular formula is C13H19NO. The van der Waals surface area contributed by atoms with Crippen LogP contribution in [0.3, 0.4) is 0 Å². The molecule has 0 spiro atoms. The zero-order valence-corrected chi connectivity index (χ0v) is 9.49. The van der Waals surface area contributed by atoms with Crippen LogP contribution in [0.2, 0.25) is 0 Å². The van der Waals surface area contributed by atoms with Crippen molar-refractivity contribution < 1.29 is 4.74 Å². The predicted octanol–water partition coefficient (Wildman–Crippen LogP) is 2.24. The van der Waals surface area contributed by atoms with Gasteiger partial charge in [-0.3, -0.25) is 0 Å². The minimum atomic E-state index is 0.255. The SMILES string of the molecule is CC(C)Oc1ccccc1CC1CNC1. The van der Waals surface area contributed by atoms with E-state index in [1.807, 2.05) is 6.07 Å². The van der Waals surface area contributed by atoms with E-state index in [0.29, 0.717) is 0 Å². The Balaban J connectivity index is 2.06. The summed E-state index contributed by atoms with van der Waals surface area (Å²) >= 11 is 0. The minimum Gasteiger partial charge on any atom is -0.491 e. The third-order valence-electron chi connectivity index (χ3n) is 2.71. The van der Waals surface area contributed by atoms with Crippen molar-refractivity contribution in [1.29, 1.82) is 0 Å². The van der Waals surface area contributed by atoms with Crippen LogP contribution >= 0.6 is 0 Å². The summed E-state index contributed by atoms with van der Waals surface area (Å²) in [6.45, 7) is 6.44. The zero-order chi connectivity index (χ0) is 10.7. The van der Waals surface area contributed by atoms with Crippen molar-refractivity contribution in [1.82, 2.24) is 5.32 Å². The second kappa shape index (κ2) is 4.67. The van der Waals surface area contributed by atoms with E-state index in [4.69, 9.17) is 4.74 Å². The lowest BCUT2D eigenvalue weighted by atomic mass is 9.94. The van der Waals surface area contributed by atoms with Gasteiger partial charge in [0.15, 0.2) is 0 Å². The van der Waals surface area contributed by atoms with Crippen molar-refractivity contribution >= 4 is 0 Å². The Hall–Kier alpha value is -1.02. The average molecular weight is 205 g/mol. The molecule has 0 unspecified atom stereocenters. The second-order valence-corrected chi connectivity index (χ2v) is 4.50. The molecule has 0 aromatic heterocycles. The Kier molecular flexibility index (Phi) is 3.27. The van der Waals surface area contributed by atoms with E-state index in [1.54, 1.807) is 0 Å². The topological polar surface area (TPSA) is 21.3 Å². The standard InChI is InChI=1S/C13H19NO/c1-10(2)15-13-6-4-3-5-12(13)7-11-8-14-9-11/h3-6,10-11,14H,7-9H2,1-2H3. The molecule has 0 amide bonds. The van der Waals surface area contributed by atoms with Crippen molar-refractivity contribution in [3.63, 3.8) is 0 Å². The van der Waals surface area contributed by atoms with Gasteiger partial charge in [0.2, 0.25) is 0 Å². The number of benzene rings is 1. The lowest BCUT2D eigenvalue weighted by Crippen LogP contribution is -2.43. The zero-order valence-electron chi connectivity index (χ0n) is 9.49. The van der Waals surface area contributed by atoms with Crippen LogP contribution in [0.4, 0.5) is 0 Å². The van der Waals surface area contributed by atoms with E-state index in [9.17, 15) is 0 Å². The number of nitrogens with one attached hydrogen (secondary N) is 1. The van der Waals surface area contributed by atoms with E-state index in [0.717, 1.165) is 31.2 Å². The van der Waals surface area contributed by atoms with Gasteiger partial charge in [0.1, 0.15) is 5.75 Å². The maximum Gasteiger partial charge on any atom is 0.122 e. The highest BCUT2D eigenvalue weighted by atomic mass is 16.5. The van der Waals surface area contributed by atoms with Gasteiger partial charge in [-0.05, 0) is 50.9 Å². The molecule has 0 saturated carbocycles. The largest absolute Gasteiger partial charge is 0.491 e. The van der Waals surface area contributed by atoms with E-state index in [1.165, 1.54) is 5.56 Å². The molecule has 0 radical (unpaired) electrons. The summed E-state index contributed by atoms with van der Waals surface area (Å²) in [6.07, 6.45) is 1.39. The van der Waals surface area contributed by atoms with Crippen molar-refractivity contribution in [2.75, 3.05) is 13.1 Å². The number of rotatable bonds is 4. The Morgan fingerprint density at radius 2 is 2.07 bits per heavy atom.